The van der Waals surface area contributed by atoms with Gasteiger partial charge in [0.15, 0.2) is 0 Å². The number of amides is 1. The molecule has 0 saturated heterocycles. The first-order valence-electron chi connectivity index (χ1n) is 9.75. The van der Waals surface area contributed by atoms with Crippen LogP contribution in [0.3, 0.4) is 0 Å². The third kappa shape index (κ3) is 6.71. The van der Waals surface area contributed by atoms with Crippen LogP contribution in [0.4, 0.5) is 16.2 Å². The maximum Gasteiger partial charge on any atom is 0.407 e. The summed E-state index contributed by atoms with van der Waals surface area (Å²) in [5.74, 6) is 0. The first-order valence-corrected chi connectivity index (χ1v) is 9.75. The lowest BCUT2D eigenvalue weighted by Crippen LogP contribution is -2.49. The van der Waals surface area contributed by atoms with Gasteiger partial charge in [-0.05, 0) is 51.8 Å². The van der Waals surface area contributed by atoms with E-state index < -0.39 is 11.7 Å². The van der Waals surface area contributed by atoms with Gasteiger partial charge in [0, 0.05) is 24.1 Å². The van der Waals surface area contributed by atoms with Crippen molar-refractivity contribution in [3.63, 3.8) is 0 Å². The fourth-order valence-electron chi connectivity index (χ4n) is 3.27. The third-order valence-electron chi connectivity index (χ3n) is 4.57. The average molecular weight is 399 g/mol. The van der Waals surface area contributed by atoms with Crippen LogP contribution < -0.4 is 21.7 Å². The highest BCUT2D eigenvalue weighted by atomic mass is 16.6. The number of hydrogen-bond acceptors (Lipinski definition) is 7. The number of hydrogen-bond donors (Lipinski definition) is 5. The van der Waals surface area contributed by atoms with Crippen LogP contribution in [0, 0.1) is 16.7 Å². The Morgan fingerprint density at radius 1 is 1.31 bits per heavy atom. The molecule has 1 aliphatic rings. The second-order valence-corrected chi connectivity index (χ2v) is 8.05. The number of anilines is 2. The fourth-order valence-corrected chi connectivity index (χ4v) is 3.27. The highest BCUT2D eigenvalue weighted by molar-refractivity contribution is 5.82. The minimum atomic E-state index is -0.543. The number of ether oxygens (including phenoxy) is 1. The highest BCUT2D eigenvalue weighted by Crippen LogP contribution is 2.26. The van der Waals surface area contributed by atoms with E-state index in [1.165, 1.54) is 6.20 Å². The molecule has 8 heteroatoms. The monoisotopic (exact) mass is 398 g/mol. The average Bonchev–Trinajstić information content (AvgIpc) is 2.66. The van der Waals surface area contributed by atoms with Crippen molar-refractivity contribution in [1.82, 2.24) is 5.32 Å². The van der Waals surface area contributed by atoms with Crippen molar-refractivity contribution in [3.05, 3.63) is 35.7 Å². The van der Waals surface area contributed by atoms with Gasteiger partial charge in [-0.1, -0.05) is 12.8 Å². The zero-order valence-corrected chi connectivity index (χ0v) is 17.2. The molecule has 0 radical (unpaired) electrons. The Morgan fingerprint density at radius 2 is 2.00 bits per heavy atom. The van der Waals surface area contributed by atoms with Gasteiger partial charge in [-0.25, -0.2) is 4.79 Å². The molecule has 0 aliphatic heterocycles. The SMILES string of the molecule is CC(C)(C)OC(=O)N[C@H]1CCCC[C@H]1Nc1ccc(C#N)c(N/C(C=N)=C/N)c1. The van der Waals surface area contributed by atoms with Gasteiger partial charge in [0.05, 0.1) is 23.0 Å². The lowest BCUT2D eigenvalue weighted by atomic mass is 9.90. The fraction of sp³-hybridized carbons (Fsp3) is 0.476. The molecule has 1 saturated carbocycles. The standard InChI is InChI=1S/C21H30N6O2/c1-21(2,3)29-20(28)27-18-7-5-4-6-17(18)25-15-9-8-14(11-22)19(10-15)26-16(12-23)13-24/h8-10,12-13,17-18,23,25-26H,4-7,24H2,1-3H3,(H,27,28)/b16-13+,23-12?/t17-,18+/m1/s1. The summed E-state index contributed by atoms with van der Waals surface area (Å²) in [6.07, 6.45) is 5.84. The summed E-state index contributed by atoms with van der Waals surface area (Å²) in [4.78, 5) is 12.2. The van der Waals surface area contributed by atoms with Crippen LogP contribution in [-0.4, -0.2) is 30.0 Å². The van der Waals surface area contributed by atoms with E-state index in [2.05, 4.69) is 22.0 Å². The summed E-state index contributed by atoms with van der Waals surface area (Å²) >= 11 is 0. The van der Waals surface area contributed by atoms with E-state index in [0.717, 1.165) is 37.6 Å². The molecule has 1 aromatic rings. The molecule has 0 bridgehead atoms. The molecule has 6 N–H and O–H groups in total. The van der Waals surface area contributed by atoms with E-state index in [9.17, 15) is 10.1 Å². The molecular formula is C21H30N6O2. The number of nitriles is 1. The van der Waals surface area contributed by atoms with E-state index in [-0.39, 0.29) is 12.1 Å². The number of allylic oxidation sites excluding steroid dienone is 1. The van der Waals surface area contributed by atoms with E-state index in [1.54, 1.807) is 6.07 Å². The number of rotatable bonds is 6. The summed E-state index contributed by atoms with van der Waals surface area (Å²) in [6, 6.07) is 7.48. The molecule has 2 atom stereocenters. The number of nitrogens with one attached hydrogen (secondary N) is 4. The van der Waals surface area contributed by atoms with Gasteiger partial charge in [-0.3, -0.25) is 0 Å². The third-order valence-corrected chi connectivity index (χ3v) is 4.57. The molecule has 1 fully saturated rings. The van der Waals surface area contributed by atoms with Crippen LogP contribution in [-0.2, 0) is 4.74 Å². The number of nitrogens with zero attached hydrogens (tertiary/aromatic N) is 1. The Hall–Kier alpha value is -3.21. The molecule has 0 unspecified atom stereocenters. The lowest BCUT2D eigenvalue weighted by Gasteiger charge is -2.34. The summed E-state index contributed by atoms with van der Waals surface area (Å²) in [5.41, 5.74) is 7.16. The summed E-state index contributed by atoms with van der Waals surface area (Å²) < 4.78 is 5.39. The Bertz CT molecular complexity index is 806. The van der Waals surface area contributed by atoms with Crippen LogP contribution in [0.2, 0.25) is 0 Å². The molecule has 1 aliphatic carbocycles. The molecule has 29 heavy (non-hydrogen) atoms. The number of benzene rings is 1. The first-order chi connectivity index (χ1) is 13.8. The van der Waals surface area contributed by atoms with E-state index in [4.69, 9.17) is 15.9 Å². The summed E-state index contributed by atoms with van der Waals surface area (Å²) in [5, 5.41) is 26.2. The molecular weight excluding hydrogens is 368 g/mol. The number of carbonyl (C=O) groups excluding carboxylic acids is 1. The van der Waals surface area contributed by atoms with Crippen molar-refractivity contribution in [2.75, 3.05) is 10.6 Å². The van der Waals surface area contributed by atoms with Gasteiger partial charge in [0.1, 0.15) is 11.7 Å². The Balaban J connectivity index is 2.14. The molecule has 0 aromatic heterocycles. The lowest BCUT2D eigenvalue weighted by molar-refractivity contribution is 0.0488. The van der Waals surface area contributed by atoms with Gasteiger partial charge in [0.2, 0.25) is 0 Å². The zero-order valence-electron chi connectivity index (χ0n) is 17.2. The highest BCUT2D eigenvalue weighted by Gasteiger charge is 2.28. The first kappa shape index (κ1) is 22.1. The van der Waals surface area contributed by atoms with Crippen molar-refractivity contribution in [1.29, 1.82) is 10.7 Å². The quantitative estimate of drug-likeness (QED) is 0.464. The maximum atomic E-state index is 12.2. The van der Waals surface area contributed by atoms with Crippen LogP contribution in [0.15, 0.2) is 30.1 Å². The van der Waals surface area contributed by atoms with Crippen LogP contribution in [0.25, 0.3) is 0 Å². The predicted molar refractivity (Wildman–Crippen MR) is 115 cm³/mol. The number of nitrogens with two attached hydrogens (primary N) is 1. The molecule has 156 valence electrons. The van der Waals surface area contributed by atoms with Crippen LogP contribution in [0.1, 0.15) is 52.0 Å². The molecule has 0 heterocycles. The van der Waals surface area contributed by atoms with Crippen molar-refractivity contribution >= 4 is 23.7 Å². The largest absolute Gasteiger partial charge is 0.444 e. The minimum absolute atomic E-state index is 0.0457. The summed E-state index contributed by atoms with van der Waals surface area (Å²) in [7, 11) is 0. The van der Waals surface area contributed by atoms with Crippen LogP contribution in [0.5, 0.6) is 0 Å². The number of carbonyl (C=O) groups is 1. The van der Waals surface area contributed by atoms with Crippen molar-refractivity contribution in [2.45, 2.75) is 64.1 Å². The van der Waals surface area contributed by atoms with Gasteiger partial charge in [-0.15, -0.1) is 0 Å². The van der Waals surface area contributed by atoms with E-state index >= 15 is 0 Å². The molecule has 1 amide bonds. The normalized spacial score (nSPS) is 19.6. The van der Waals surface area contributed by atoms with Gasteiger partial charge in [-0.2, -0.15) is 5.26 Å². The van der Waals surface area contributed by atoms with E-state index in [1.807, 2.05) is 32.9 Å². The Labute approximate surface area is 172 Å². The molecule has 8 nitrogen and oxygen atoms in total. The van der Waals surface area contributed by atoms with Crippen LogP contribution >= 0.6 is 0 Å². The topological polar surface area (TPSA) is 136 Å². The van der Waals surface area contributed by atoms with Gasteiger partial charge < -0.3 is 31.8 Å². The second-order valence-electron chi connectivity index (χ2n) is 8.05. The van der Waals surface area contributed by atoms with Crippen molar-refractivity contribution in [2.24, 2.45) is 5.73 Å². The van der Waals surface area contributed by atoms with Crippen molar-refractivity contribution < 1.29 is 9.53 Å². The minimum Gasteiger partial charge on any atom is -0.444 e. The Morgan fingerprint density at radius 3 is 2.59 bits per heavy atom. The summed E-state index contributed by atoms with van der Waals surface area (Å²) in [6.45, 7) is 5.52. The molecule has 1 aromatic carbocycles. The number of alkyl carbamates (subject to hydrolysis) is 1. The van der Waals surface area contributed by atoms with E-state index in [0.29, 0.717) is 16.9 Å². The zero-order chi connectivity index (χ0) is 21.4. The molecule has 0 spiro atoms. The second kappa shape index (κ2) is 9.82. The smallest absolute Gasteiger partial charge is 0.407 e. The van der Waals surface area contributed by atoms with Gasteiger partial charge >= 0.3 is 6.09 Å². The van der Waals surface area contributed by atoms with Gasteiger partial charge in [0.25, 0.3) is 0 Å². The van der Waals surface area contributed by atoms with Crippen molar-refractivity contribution in [3.8, 4) is 6.07 Å². The Kier molecular flexibility index (Phi) is 7.48. The maximum absolute atomic E-state index is 12.2. The molecule has 2 rings (SSSR count). The predicted octanol–water partition coefficient (Wildman–Crippen LogP) is 3.67.